The second-order valence-electron chi connectivity index (χ2n) is 8.04. The predicted octanol–water partition coefficient (Wildman–Crippen LogP) is 5.42. The smallest absolute Gasteiger partial charge is 0.221 e. The summed E-state index contributed by atoms with van der Waals surface area (Å²) in [5, 5.41) is 4.33. The molecule has 2 N–H and O–H groups in total. The molecule has 2 aromatic carbocycles. The van der Waals surface area contributed by atoms with Crippen molar-refractivity contribution in [3.63, 3.8) is 0 Å². The van der Waals surface area contributed by atoms with Crippen LogP contribution in [0.5, 0.6) is 5.75 Å². The lowest BCUT2D eigenvalue weighted by molar-refractivity contribution is -0.122. The number of methoxy groups -OCH3 is 1. The Morgan fingerprint density at radius 2 is 1.83 bits per heavy atom. The molecule has 3 rings (SSSR count). The largest absolute Gasteiger partial charge is 0.496 e. The van der Waals surface area contributed by atoms with Crippen molar-refractivity contribution in [1.29, 1.82) is 0 Å². The Bertz CT molecular complexity index is 974. The van der Waals surface area contributed by atoms with Crippen LogP contribution in [0.2, 0.25) is 0 Å². The molecule has 1 aromatic heterocycles. The van der Waals surface area contributed by atoms with Crippen molar-refractivity contribution in [2.45, 2.75) is 52.5 Å². The molecule has 0 aliphatic heterocycles. The first-order chi connectivity index (χ1) is 14.0. The second-order valence-corrected chi connectivity index (χ2v) is 8.04. The van der Waals surface area contributed by atoms with E-state index in [4.69, 9.17) is 4.74 Å². The van der Waals surface area contributed by atoms with E-state index in [9.17, 15) is 4.79 Å². The number of amides is 1. The number of carbonyl (C=O) groups is 1. The minimum absolute atomic E-state index is 0.0584. The molecule has 4 heteroatoms. The van der Waals surface area contributed by atoms with Crippen molar-refractivity contribution in [1.82, 2.24) is 10.3 Å². The summed E-state index contributed by atoms with van der Waals surface area (Å²) in [7, 11) is 1.68. The predicted molar refractivity (Wildman–Crippen MR) is 120 cm³/mol. The number of ether oxygens (including phenoxy) is 1. The summed E-state index contributed by atoms with van der Waals surface area (Å²) in [6.45, 7) is 8.46. The van der Waals surface area contributed by atoms with Crippen LogP contribution < -0.4 is 10.1 Å². The molecule has 4 nitrogen and oxygen atoms in total. The van der Waals surface area contributed by atoms with Crippen molar-refractivity contribution in [2.24, 2.45) is 5.92 Å². The first-order valence-corrected chi connectivity index (χ1v) is 10.5. The van der Waals surface area contributed by atoms with Gasteiger partial charge in [-0.25, -0.2) is 0 Å². The first-order valence-electron chi connectivity index (χ1n) is 10.5. The summed E-state index contributed by atoms with van der Waals surface area (Å²) >= 11 is 0. The number of aromatic nitrogens is 1. The molecule has 0 unspecified atom stereocenters. The number of hydrogen-bond acceptors (Lipinski definition) is 2. The number of hydrogen-bond donors (Lipinski definition) is 2. The Balaban J connectivity index is 2.05. The Morgan fingerprint density at radius 3 is 2.52 bits per heavy atom. The van der Waals surface area contributed by atoms with E-state index in [1.54, 1.807) is 7.11 Å². The van der Waals surface area contributed by atoms with Gasteiger partial charge in [0.25, 0.3) is 0 Å². The molecule has 0 radical (unpaired) electrons. The third-order valence-electron chi connectivity index (χ3n) is 5.88. The maximum Gasteiger partial charge on any atom is 0.221 e. The van der Waals surface area contributed by atoms with Gasteiger partial charge < -0.3 is 15.0 Å². The van der Waals surface area contributed by atoms with Gasteiger partial charge in [0.15, 0.2) is 0 Å². The highest BCUT2D eigenvalue weighted by atomic mass is 16.5. The molecule has 1 heterocycles. The van der Waals surface area contributed by atoms with Crippen LogP contribution >= 0.6 is 0 Å². The van der Waals surface area contributed by atoms with E-state index in [-0.39, 0.29) is 17.9 Å². The Labute approximate surface area is 173 Å². The number of nitrogens with one attached hydrogen (secondary N) is 2. The third kappa shape index (κ3) is 4.47. The van der Waals surface area contributed by atoms with Gasteiger partial charge in [0.2, 0.25) is 5.91 Å². The van der Waals surface area contributed by atoms with E-state index in [1.807, 2.05) is 18.2 Å². The van der Waals surface area contributed by atoms with Crippen LogP contribution in [0.1, 0.15) is 56.7 Å². The zero-order chi connectivity index (χ0) is 21.0. The summed E-state index contributed by atoms with van der Waals surface area (Å²) in [4.78, 5) is 16.4. The number of carbonyl (C=O) groups excluding carboxylic acids is 1. The van der Waals surface area contributed by atoms with Crippen molar-refractivity contribution in [3.8, 4) is 5.75 Å². The maximum atomic E-state index is 12.9. The molecule has 0 saturated heterocycles. The van der Waals surface area contributed by atoms with Gasteiger partial charge in [0, 0.05) is 41.0 Å². The summed E-state index contributed by atoms with van der Waals surface area (Å²) in [6, 6.07) is 14.5. The molecule has 3 aromatic rings. The molecular weight excluding hydrogens is 360 g/mol. The van der Waals surface area contributed by atoms with Crippen LogP contribution in [-0.2, 0) is 11.2 Å². The van der Waals surface area contributed by atoms with Crippen LogP contribution in [0.3, 0.4) is 0 Å². The lowest BCUT2D eigenvalue weighted by Gasteiger charge is -2.22. The van der Waals surface area contributed by atoms with Gasteiger partial charge in [-0.15, -0.1) is 0 Å². The standard InChI is InChI=1S/C25H32N2O2/c1-6-18-10-9-12-20-22(15-26-25(18)20)21(14-24(28)27-17(4)16(2)3)19-11-7-8-13-23(19)29-5/h7-13,15-17,21,26H,6,14H2,1-5H3,(H,27,28)/t17-,21+/m0/s1. The minimum atomic E-state index is -0.0913. The van der Waals surface area contributed by atoms with Gasteiger partial charge in [0.05, 0.1) is 7.11 Å². The van der Waals surface area contributed by atoms with Crippen molar-refractivity contribution < 1.29 is 9.53 Å². The summed E-state index contributed by atoms with van der Waals surface area (Å²) in [5.41, 5.74) is 4.60. The number of rotatable bonds is 8. The molecule has 0 spiro atoms. The fraction of sp³-hybridized carbons (Fsp3) is 0.400. The number of aromatic amines is 1. The fourth-order valence-corrected chi connectivity index (χ4v) is 3.83. The molecule has 1 amide bonds. The van der Waals surface area contributed by atoms with Crippen molar-refractivity contribution >= 4 is 16.8 Å². The summed E-state index contributed by atoms with van der Waals surface area (Å²) in [5.74, 6) is 1.17. The molecular formula is C25H32N2O2. The summed E-state index contributed by atoms with van der Waals surface area (Å²) < 4.78 is 5.64. The van der Waals surface area contributed by atoms with Gasteiger partial charge in [0.1, 0.15) is 5.75 Å². The average molecular weight is 393 g/mol. The van der Waals surface area contributed by atoms with E-state index in [0.717, 1.165) is 28.8 Å². The van der Waals surface area contributed by atoms with Crippen molar-refractivity contribution in [2.75, 3.05) is 7.11 Å². The third-order valence-corrected chi connectivity index (χ3v) is 5.88. The SMILES string of the molecule is CCc1cccc2c([C@H](CC(=O)N[C@@H](C)C(C)C)c3ccccc3OC)c[nH]c12. The van der Waals surface area contributed by atoms with Gasteiger partial charge in [-0.05, 0) is 36.5 Å². The quantitative estimate of drug-likeness (QED) is 0.538. The number of para-hydroxylation sites is 2. The van der Waals surface area contributed by atoms with Gasteiger partial charge in [-0.1, -0.05) is 57.2 Å². The highest BCUT2D eigenvalue weighted by molar-refractivity contribution is 5.88. The van der Waals surface area contributed by atoms with E-state index < -0.39 is 0 Å². The zero-order valence-electron chi connectivity index (χ0n) is 18.1. The molecule has 0 aliphatic rings. The average Bonchev–Trinajstić information content (AvgIpc) is 3.15. The minimum Gasteiger partial charge on any atom is -0.496 e. The Morgan fingerprint density at radius 1 is 1.07 bits per heavy atom. The molecule has 0 aliphatic carbocycles. The Hall–Kier alpha value is -2.75. The summed E-state index contributed by atoms with van der Waals surface area (Å²) in [6.07, 6.45) is 3.39. The lowest BCUT2D eigenvalue weighted by atomic mass is 9.86. The van der Waals surface area contributed by atoms with Crippen LogP contribution in [0.4, 0.5) is 0 Å². The number of benzene rings is 2. The van der Waals surface area contributed by atoms with Gasteiger partial charge in [-0.3, -0.25) is 4.79 Å². The highest BCUT2D eigenvalue weighted by Gasteiger charge is 2.25. The first kappa shape index (κ1) is 21.0. The molecule has 29 heavy (non-hydrogen) atoms. The number of H-pyrrole nitrogens is 1. The van der Waals surface area contributed by atoms with E-state index >= 15 is 0 Å². The topological polar surface area (TPSA) is 54.1 Å². The molecule has 2 atom stereocenters. The van der Waals surface area contributed by atoms with Crippen LogP contribution in [0.25, 0.3) is 10.9 Å². The monoisotopic (exact) mass is 392 g/mol. The van der Waals surface area contributed by atoms with Gasteiger partial charge in [-0.2, -0.15) is 0 Å². The Kier molecular flexibility index (Phi) is 6.63. The van der Waals surface area contributed by atoms with Crippen LogP contribution in [0, 0.1) is 5.92 Å². The number of aryl methyl sites for hydroxylation is 1. The molecule has 0 fully saturated rings. The molecule has 0 bridgehead atoms. The van der Waals surface area contributed by atoms with Crippen LogP contribution in [-0.4, -0.2) is 24.0 Å². The second kappa shape index (κ2) is 9.17. The molecule has 0 saturated carbocycles. The van der Waals surface area contributed by atoms with E-state index in [0.29, 0.717) is 12.3 Å². The van der Waals surface area contributed by atoms with E-state index in [1.165, 1.54) is 10.9 Å². The highest BCUT2D eigenvalue weighted by Crippen LogP contribution is 2.38. The van der Waals surface area contributed by atoms with Gasteiger partial charge >= 0.3 is 0 Å². The van der Waals surface area contributed by atoms with Crippen LogP contribution in [0.15, 0.2) is 48.7 Å². The molecule has 154 valence electrons. The van der Waals surface area contributed by atoms with Crippen molar-refractivity contribution in [3.05, 3.63) is 65.4 Å². The maximum absolute atomic E-state index is 12.9. The lowest BCUT2D eigenvalue weighted by Crippen LogP contribution is -2.36. The fourth-order valence-electron chi connectivity index (χ4n) is 3.83. The van der Waals surface area contributed by atoms with E-state index in [2.05, 4.69) is 68.5 Å². The zero-order valence-corrected chi connectivity index (χ0v) is 18.1. The normalized spacial score (nSPS) is 13.4. The number of fused-ring (bicyclic) bond motifs is 1.